The number of hydrogen-bond acceptors (Lipinski definition) is 9. The topological polar surface area (TPSA) is 141 Å². The van der Waals surface area contributed by atoms with Crippen LogP contribution in [-0.2, 0) is 28.7 Å². The molecule has 1 heterocycles. The highest BCUT2D eigenvalue weighted by Gasteiger charge is 2.43. The van der Waals surface area contributed by atoms with Crippen LogP contribution in [0.5, 0.6) is 0 Å². The van der Waals surface area contributed by atoms with E-state index in [1.54, 1.807) is 44.9 Å². The molecule has 0 bridgehead atoms. The Kier molecular flexibility index (Phi) is 20.0. The molecule has 13 heteroatoms. The summed E-state index contributed by atoms with van der Waals surface area (Å²) in [4.78, 5) is 61.1. The molecule has 12 nitrogen and oxygen atoms in total. The summed E-state index contributed by atoms with van der Waals surface area (Å²) in [5, 5.41) is 16.9. The summed E-state index contributed by atoms with van der Waals surface area (Å²) in [6, 6.07) is 6.65. The maximum atomic E-state index is 14.3. The summed E-state index contributed by atoms with van der Waals surface area (Å²) in [7, 11) is 6.75. The fraction of sp³-hybridized carbons (Fsp3) is 0.756. The van der Waals surface area contributed by atoms with E-state index >= 15 is 0 Å². The van der Waals surface area contributed by atoms with Crippen LogP contribution in [0.15, 0.2) is 30.3 Å². The molecular weight excluding hydrogens is 707 g/mol. The van der Waals surface area contributed by atoms with E-state index < -0.39 is 48.4 Å². The Balaban J connectivity index is 2.26. The number of amides is 4. The average molecular weight is 778 g/mol. The van der Waals surface area contributed by atoms with Crippen LogP contribution >= 0.6 is 12.6 Å². The van der Waals surface area contributed by atoms with Crippen molar-refractivity contribution in [1.29, 1.82) is 0 Å². The van der Waals surface area contributed by atoms with Gasteiger partial charge in [0.25, 0.3) is 0 Å². The van der Waals surface area contributed by atoms with Crippen molar-refractivity contribution in [3.8, 4) is 0 Å². The zero-order valence-electron chi connectivity index (χ0n) is 35.0. The van der Waals surface area contributed by atoms with Crippen LogP contribution in [0, 0.1) is 23.7 Å². The Bertz CT molecular complexity index is 1320. The van der Waals surface area contributed by atoms with E-state index in [9.17, 15) is 24.3 Å². The molecule has 4 amide bonds. The van der Waals surface area contributed by atoms with Crippen LogP contribution in [0.3, 0.4) is 0 Å². The first kappa shape index (κ1) is 47.4. The van der Waals surface area contributed by atoms with E-state index in [4.69, 9.17) is 9.47 Å². The molecule has 0 unspecified atom stereocenters. The minimum Gasteiger partial charge on any atom is -0.386 e. The van der Waals surface area contributed by atoms with Gasteiger partial charge in [0, 0.05) is 40.1 Å². The van der Waals surface area contributed by atoms with Crippen molar-refractivity contribution in [2.24, 2.45) is 23.7 Å². The van der Waals surface area contributed by atoms with Gasteiger partial charge in [0.1, 0.15) is 6.04 Å². The molecule has 3 N–H and O–H groups in total. The minimum atomic E-state index is -0.879. The average Bonchev–Trinajstić information content (AvgIpc) is 3.62. The lowest BCUT2D eigenvalue weighted by Gasteiger charge is -2.41. The molecule has 10 atom stereocenters. The van der Waals surface area contributed by atoms with Crippen molar-refractivity contribution in [1.82, 2.24) is 25.3 Å². The molecule has 0 aromatic heterocycles. The second kappa shape index (κ2) is 22.7. The highest BCUT2D eigenvalue weighted by atomic mass is 32.1. The highest BCUT2D eigenvalue weighted by molar-refractivity contribution is 7.80. The molecule has 1 fully saturated rings. The molecule has 1 aromatic rings. The molecule has 1 saturated heterocycles. The molecule has 0 spiro atoms. The molecule has 308 valence electrons. The summed E-state index contributed by atoms with van der Waals surface area (Å²) in [5.41, 5.74) is 0.710. The monoisotopic (exact) mass is 778 g/mol. The van der Waals surface area contributed by atoms with Crippen molar-refractivity contribution in [2.75, 3.05) is 47.2 Å². The van der Waals surface area contributed by atoms with Crippen LogP contribution < -0.4 is 10.6 Å². The second-order valence-electron chi connectivity index (χ2n) is 15.9. The Morgan fingerprint density at radius 2 is 1.57 bits per heavy atom. The number of ether oxygens (including phenoxy) is 2. The Morgan fingerprint density at radius 3 is 2.09 bits per heavy atom. The molecule has 0 aliphatic carbocycles. The molecule has 54 heavy (non-hydrogen) atoms. The Morgan fingerprint density at radius 1 is 0.944 bits per heavy atom. The van der Waals surface area contributed by atoms with Gasteiger partial charge in [-0.1, -0.05) is 85.2 Å². The van der Waals surface area contributed by atoms with Gasteiger partial charge in [0.05, 0.1) is 54.8 Å². The number of carbonyl (C=O) groups is 4. The minimum absolute atomic E-state index is 0.0212. The predicted octanol–water partition coefficient (Wildman–Crippen LogP) is 4.17. The third kappa shape index (κ3) is 12.4. The van der Waals surface area contributed by atoms with Crippen LogP contribution in [0.4, 0.5) is 0 Å². The highest BCUT2D eigenvalue weighted by Crippen LogP contribution is 2.30. The number of rotatable bonds is 22. The van der Waals surface area contributed by atoms with Gasteiger partial charge in [-0.2, -0.15) is 12.6 Å². The van der Waals surface area contributed by atoms with Gasteiger partial charge in [-0.15, -0.1) is 0 Å². The second-order valence-corrected chi connectivity index (χ2v) is 16.3. The van der Waals surface area contributed by atoms with Crippen molar-refractivity contribution in [3.63, 3.8) is 0 Å². The van der Waals surface area contributed by atoms with Gasteiger partial charge >= 0.3 is 0 Å². The molecular formula is C41H71N5O7S. The third-order valence-corrected chi connectivity index (χ3v) is 11.5. The van der Waals surface area contributed by atoms with Gasteiger partial charge in [0.15, 0.2) is 0 Å². The number of nitrogens with zero attached hydrogens (tertiary/aromatic N) is 3. The molecule has 2 rings (SSSR count). The summed E-state index contributed by atoms with van der Waals surface area (Å²) in [5.74, 6) is -1.04. The van der Waals surface area contributed by atoms with Gasteiger partial charge in [-0.3, -0.25) is 24.1 Å². The molecule has 1 aliphatic rings. The number of aliphatic hydroxyl groups is 1. The summed E-state index contributed by atoms with van der Waals surface area (Å²) in [6.45, 7) is 16.6. The molecule has 1 aromatic carbocycles. The van der Waals surface area contributed by atoms with E-state index in [1.807, 2.05) is 83.8 Å². The largest absolute Gasteiger partial charge is 0.386 e. The quantitative estimate of drug-likeness (QED) is 0.129. The van der Waals surface area contributed by atoms with Gasteiger partial charge in [0.2, 0.25) is 23.6 Å². The standard InChI is InChI=1S/C41H71N5O7S/c1-13-27(6)36(45(10)41(51)34(25(2)3)43-40(50)35(26(4)5)44(9)22-23-54)32(52-11)24-33(47)46-21-17-20-31(46)38(53-12)28(7)39(49)42-29(8)37(48)30-18-15-14-16-19-30/h14-16,18-19,25-29,31-32,34-38,48,54H,13,17,20-24H2,1-12H3,(H,42,49)(H,43,50)/t27-,28+,29+,31-,32+,34-,35-,36-,37+,38+/m0/s1. The third-order valence-electron chi connectivity index (χ3n) is 11.3. The molecule has 0 saturated carbocycles. The number of thiol groups is 1. The van der Waals surface area contributed by atoms with Crippen molar-refractivity contribution >= 4 is 36.3 Å². The van der Waals surface area contributed by atoms with Crippen LogP contribution in [0.2, 0.25) is 0 Å². The van der Waals surface area contributed by atoms with Gasteiger partial charge < -0.3 is 35.0 Å². The smallest absolute Gasteiger partial charge is 0.245 e. The predicted molar refractivity (Wildman–Crippen MR) is 217 cm³/mol. The number of likely N-dealkylation sites (N-methyl/N-ethyl adjacent to an activating group) is 2. The number of aliphatic hydroxyl groups excluding tert-OH is 1. The Hall–Kier alpha value is -2.71. The van der Waals surface area contributed by atoms with E-state index in [0.717, 1.165) is 12.8 Å². The zero-order valence-corrected chi connectivity index (χ0v) is 35.8. The number of methoxy groups -OCH3 is 2. The number of nitrogens with one attached hydrogen (secondary N) is 2. The fourth-order valence-corrected chi connectivity index (χ4v) is 8.28. The maximum Gasteiger partial charge on any atom is 0.245 e. The molecule has 0 radical (unpaired) electrons. The van der Waals surface area contributed by atoms with E-state index in [-0.39, 0.29) is 53.8 Å². The number of likely N-dealkylation sites (tertiary alicyclic amines) is 1. The maximum absolute atomic E-state index is 14.3. The van der Waals surface area contributed by atoms with Gasteiger partial charge in [-0.05, 0) is 50.1 Å². The lowest BCUT2D eigenvalue weighted by Crippen LogP contribution is -2.60. The first-order valence-corrected chi connectivity index (χ1v) is 20.4. The summed E-state index contributed by atoms with van der Waals surface area (Å²) >= 11 is 4.35. The van der Waals surface area contributed by atoms with Crippen molar-refractivity contribution < 1.29 is 33.8 Å². The van der Waals surface area contributed by atoms with E-state index in [1.165, 1.54) is 0 Å². The fourth-order valence-electron chi connectivity index (χ4n) is 7.96. The molecule has 1 aliphatic heterocycles. The normalized spacial score (nSPS) is 19.8. The van der Waals surface area contributed by atoms with Crippen molar-refractivity contribution in [2.45, 2.75) is 130 Å². The van der Waals surface area contributed by atoms with E-state index in [0.29, 0.717) is 30.8 Å². The lowest BCUT2D eigenvalue weighted by atomic mass is 9.89. The van der Waals surface area contributed by atoms with Crippen LogP contribution in [-0.4, -0.2) is 133 Å². The van der Waals surface area contributed by atoms with E-state index in [2.05, 4.69) is 23.3 Å². The van der Waals surface area contributed by atoms with Crippen molar-refractivity contribution in [3.05, 3.63) is 35.9 Å². The number of hydrogen-bond donors (Lipinski definition) is 4. The zero-order chi connectivity index (χ0) is 40.9. The number of carbonyl (C=O) groups excluding carboxylic acids is 4. The Labute approximate surface area is 330 Å². The van der Waals surface area contributed by atoms with Crippen LogP contribution in [0.25, 0.3) is 0 Å². The SMILES string of the molecule is CC[C@H](C)[C@@H]([C@@H](CC(=O)N1CCC[C@H]1[C@H](OC)[C@@H](C)C(=O)N[C@H](C)[C@@H](O)c1ccccc1)OC)N(C)C(=O)[C@@H](NC(=O)[C@H](C(C)C)N(C)CCS)C(C)C. The number of benzene rings is 1. The summed E-state index contributed by atoms with van der Waals surface area (Å²) < 4.78 is 12.0. The summed E-state index contributed by atoms with van der Waals surface area (Å²) in [6.07, 6.45) is 0.111. The van der Waals surface area contributed by atoms with Crippen LogP contribution in [0.1, 0.15) is 92.7 Å². The first-order chi connectivity index (χ1) is 25.5. The first-order valence-electron chi connectivity index (χ1n) is 19.7. The lowest BCUT2D eigenvalue weighted by molar-refractivity contribution is -0.148. The van der Waals surface area contributed by atoms with Gasteiger partial charge in [-0.25, -0.2) is 0 Å².